The van der Waals surface area contributed by atoms with Crippen molar-refractivity contribution in [1.82, 2.24) is 4.98 Å². The molecule has 0 aliphatic rings. The lowest BCUT2D eigenvalue weighted by Gasteiger charge is -2.18. The van der Waals surface area contributed by atoms with E-state index in [0.29, 0.717) is 12.2 Å². The molecule has 1 aromatic heterocycles. The molecule has 120 valence electrons. The van der Waals surface area contributed by atoms with Gasteiger partial charge >= 0.3 is 0 Å². The molecular weight excluding hydrogens is 288 g/mol. The second kappa shape index (κ2) is 6.70. The average molecular weight is 310 g/mol. The zero-order valence-corrected chi connectivity index (χ0v) is 14.3. The predicted octanol–water partition coefficient (Wildman–Crippen LogP) is 4.05. The molecule has 1 aromatic carbocycles. The maximum Gasteiger partial charge on any atom is 0.266 e. The third-order valence-corrected chi connectivity index (χ3v) is 3.85. The van der Waals surface area contributed by atoms with Crippen molar-refractivity contribution in [3.8, 4) is 22.9 Å². The van der Waals surface area contributed by atoms with E-state index in [0.717, 1.165) is 28.1 Å². The lowest BCUT2D eigenvalue weighted by Crippen LogP contribution is -2.13. The Labute approximate surface area is 136 Å². The van der Waals surface area contributed by atoms with Crippen molar-refractivity contribution in [3.05, 3.63) is 50.9 Å². The fourth-order valence-electron chi connectivity index (χ4n) is 2.73. The summed E-state index contributed by atoms with van der Waals surface area (Å²) in [6.45, 7) is 10.6. The van der Waals surface area contributed by atoms with E-state index in [9.17, 15) is 10.1 Å². The van der Waals surface area contributed by atoms with Crippen LogP contribution in [0.1, 0.15) is 49.1 Å². The second-order valence-corrected chi connectivity index (χ2v) is 5.97. The minimum absolute atomic E-state index is 0.151. The van der Waals surface area contributed by atoms with Crippen molar-refractivity contribution in [2.75, 3.05) is 6.61 Å². The van der Waals surface area contributed by atoms with Crippen LogP contribution >= 0.6 is 0 Å². The van der Waals surface area contributed by atoms with Gasteiger partial charge in [0.1, 0.15) is 17.4 Å². The van der Waals surface area contributed by atoms with Crippen LogP contribution in [0.15, 0.2) is 23.0 Å². The van der Waals surface area contributed by atoms with Gasteiger partial charge in [0, 0.05) is 11.3 Å². The molecule has 0 fully saturated rings. The summed E-state index contributed by atoms with van der Waals surface area (Å²) in [6, 6.07) is 7.92. The molecule has 0 saturated carbocycles. The van der Waals surface area contributed by atoms with Crippen LogP contribution in [-0.4, -0.2) is 11.6 Å². The molecular formula is C19H22N2O2. The summed E-state index contributed by atoms with van der Waals surface area (Å²) in [6.07, 6.45) is 0. The highest BCUT2D eigenvalue weighted by Gasteiger charge is 2.17. The number of hydrogen-bond donors (Lipinski definition) is 1. The van der Waals surface area contributed by atoms with Crippen molar-refractivity contribution in [1.29, 1.82) is 5.26 Å². The van der Waals surface area contributed by atoms with E-state index in [-0.39, 0.29) is 17.0 Å². The van der Waals surface area contributed by atoms with E-state index in [1.165, 1.54) is 0 Å². The average Bonchev–Trinajstić information content (AvgIpc) is 2.46. The molecule has 0 saturated heterocycles. The van der Waals surface area contributed by atoms with E-state index < -0.39 is 0 Å². The molecule has 2 aromatic rings. The number of nitrogens with one attached hydrogen (secondary N) is 1. The fraction of sp³-hybridized carbons (Fsp3) is 0.368. The van der Waals surface area contributed by atoms with Gasteiger partial charge in [-0.15, -0.1) is 0 Å². The van der Waals surface area contributed by atoms with Gasteiger partial charge in [-0.2, -0.15) is 5.26 Å². The van der Waals surface area contributed by atoms with Gasteiger partial charge in [0.15, 0.2) is 0 Å². The largest absolute Gasteiger partial charge is 0.494 e. The summed E-state index contributed by atoms with van der Waals surface area (Å²) in [5, 5.41) is 9.36. The maximum absolute atomic E-state index is 12.1. The Bertz CT molecular complexity index is 826. The molecule has 2 rings (SSSR count). The molecule has 0 bridgehead atoms. The number of nitriles is 1. The summed E-state index contributed by atoms with van der Waals surface area (Å²) in [5.41, 5.74) is 4.19. The minimum atomic E-state index is -0.345. The summed E-state index contributed by atoms with van der Waals surface area (Å²) < 4.78 is 5.74. The van der Waals surface area contributed by atoms with Crippen LogP contribution in [0.25, 0.3) is 11.1 Å². The van der Waals surface area contributed by atoms with Gasteiger partial charge in [-0.1, -0.05) is 13.8 Å². The number of benzene rings is 1. The normalized spacial score (nSPS) is 10.7. The molecule has 1 heterocycles. The third kappa shape index (κ3) is 3.29. The Balaban J connectivity index is 2.77. The van der Waals surface area contributed by atoms with Gasteiger partial charge in [0.05, 0.1) is 6.61 Å². The standard InChI is InChI=1S/C19H22N2O2/c1-6-23-18-7-12(4)15(9-14(18)11(2)3)16-8-13(5)21-19(22)17(16)10-20/h7-9,11H,6H2,1-5H3,(H,21,22). The number of aromatic amines is 1. The predicted molar refractivity (Wildman–Crippen MR) is 91.9 cm³/mol. The van der Waals surface area contributed by atoms with Crippen LogP contribution < -0.4 is 10.3 Å². The molecule has 0 aliphatic carbocycles. The van der Waals surface area contributed by atoms with Crippen molar-refractivity contribution in [3.63, 3.8) is 0 Å². The number of pyridine rings is 1. The number of H-pyrrole nitrogens is 1. The quantitative estimate of drug-likeness (QED) is 0.926. The second-order valence-electron chi connectivity index (χ2n) is 5.97. The van der Waals surface area contributed by atoms with Crippen molar-refractivity contribution in [2.45, 2.75) is 40.5 Å². The maximum atomic E-state index is 12.1. The summed E-state index contributed by atoms with van der Waals surface area (Å²) in [5.74, 6) is 1.15. The number of aromatic nitrogens is 1. The highest BCUT2D eigenvalue weighted by molar-refractivity contribution is 5.75. The van der Waals surface area contributed by atoms with Crippen LogP contribution in [0, 0.1) is 25.2 Å². The molecule has 0 atom stereocenters. The fourth-order valence-corrected chi connectivity index (χ4v) is 2.73. The molecule has 0 aliphatic heterocycles. The van der Waals surface area contributed by atoms with E-state index in [4.69, 9.17) is 4.74 Å². The Hall–Kier alpha value is -2.54. The van der Waals surface area contributed by atoms with Crippen LogP contribution in [0.4, 0.5) is 0 Å². The number of aryl methyl sites for hydroxylation is 2. The highest BCUT2D eigenvalue weighted by atomic mass is 16.5. The lowest BCUT2D eigenvalue weighted by atomic mass is 9.91. The summed E-state index contributed by atoms with van der Waals surface area (Å²) >= 11 is 0. The van der Waals surface area contributed by atoms with E-state index in [1.54, 1.807) is 0 Å². The first-order chi connectivity index (χ1) is 10.9. The molecule has 23 heavy (non-hydrogen) atoms. The van der Waals surface area contributed by atoms with Crippen molar-refractivity contribution in [2.24, 2.45) is 0 Å². The monoisotopic (exact) mass is 310 g/mol. The Morgan fingerprint density at radius 1 is 1.22 bits per heavy atom. The van der Waals surface area contributed by atoms with Gasteiger partial charge in [0.2, 0.25) is 0 Å². The molecule has 4 heteroatoms. The smallest absolute Gasteiger partial charge is 0.266 e. The molecule has 0 amide bonds. The van der Waals surface area contributed by atoms with Crippen LogP contribution in [0.3, 0.4) is 0 Å². The number of ether oxygens (including phenoxy) is 1. The third-order valence-electron chi connectivity index (χ3n) is 3.85. The van der Waals surface area contributed by atoms with Gasteiger partial charge in [-0.05, 0) is 61.6 Å². The number of hydrogen-bond acceptors (Lipinski definition) is 3. The molecule has 1 N–H and O–H groups in total. The Kier molecular flexibility index (Phi) is 4.90. The SMILES string of the molecule is CCOc1cc(C)c(-c2cc(C)[nH]c(=O)c2C#N)cc1C(C)C. The zero-order valence-electron chi connectivity index (χ0n) is 14.3. The van der Waals surface area contributed by atoms with Gasteiger partial charge in [-0.25, -0.2) is 0 Å². The summed E-state index contributed by atoms with van der Waals surface area (Å²) in [4.78, 5) is 14.7. The topological polar surface area (TPSA) is 65.9 Å². The highest BCUT2D eigenvalue weighted by Crippen LogP contribution is 2.35. The Morgan fingerprint density at radius 3 is 2.48 bits per heavy atom. The van der Waals surface area contributed by atoms with Crippen LogP contribution in [0.5, 0.6) is 5.75 Å². The van der Waals surface area contributed by atoms with E-state index in [2.05, 4.69) is 18.8 Å². The van der Waals surface area contributed by atoms with Gasteiger partial charge in [-0.3, -0.25) is 4.79 Å². The Morgan fingerprint density at radius 2 is 1.91 bits per heavy atom. The first-order valence-electron chi connectivity index (χ1n) is 7.80. The van der Waals surface area contributed by atoms with Crippen molar-refractivity contribution >= 4 is 0 Å². The molecule has 0 radical (unpaired) electrons. The minimum Gasteiger partial charge on any atom is -0.494 e. The summed E-state index contributed by atoms with van der Waals surface area (Å²) in [7, 11) is 0. The number of nitrogens with zero attached hydrogens (tertiary/aromatic N) is 1. The van der Waals surface area contributed by atoms with Crippen LogP contribution in [-0.2, 0) is 0 Å². The number of rotatable bonds is 4. The van der Waals surface area contributed by atoms with Gasteiger partial charge in [0.25, 0.3) is 5.56 Å². The van der Waals surface area contributed by atoms with Crippen LogP contribution in [0.2, 0.25) is 0 Å². The zero-order chi connectivity index (χ0) is 17.1. The molecule has 0 unspecified atom stereocenters. The first kappa shape index (κ1) is 16.8. The van der Waals surface area contributed by atoms with Crippen molar-refractivity contribution < 1.29 is 4.74 Å². The van der Waals surface area contributed by atoms with E-state index >= 15 is 0 Å². The first-order valence-corrected chi connectivity index (χ1v) is 7.80. The lowest BCUT2D eigenvalue weighted by molar-refractivity contribution is 0.335. The molecule has 4 nitrogen and oxygen atoms in total. The van der Waals surface area contributed by atoms with Gasteiger partial charge < -0.3 is 9.72 Å². The molecule has 0 spiro atoms. The van der Waals surface area contributed by atoms with E-state index in [1.807, 2.05) is 45.0 Å².